The van der Waals surface area contributed by atoms with Crippen LogP contribution < -0.4 is 16.0 Å². The second kappa shape index (κ2) is 5.17. The first-order valence-corrected chi connectivity index (χ1v) is 6.14. The van der Waals surface area contributed by atoms with Crippen LogP contribution in [0.15, 0.2) is 12.1 Å². The van der Waals surface area contributed by atoms with E-state index in [4.69, 9.17) is 10.8 Å². The van der Waals surface area contributed by atoms with Gasteiger partial charge in [0.05, 0.1) is 12.1 Å². The van der Waals surface area contributed by atoms with Crippen molar-refractivity contribution in [3.05, 3.63) is 23.3 Å². The van der Waals surface area contributed by atoms with E-state index in [1.54, 1.807) is 6.92 Å². The molecular weight excluding hydrogens is 246 g/mol. The van der Waals surface area contributed by atoms with Crippen LogP contribution in [0, 0.1) is 6.92 Å². The molecule has 6 nitrogen and oxygen atoms in total. The average Bonchev–Trinajstić information content (AvgIpc) is 2.57. The number of anilines is 2. The number of benzene rings is 1. The molecule has 0 spiro atoms. The van der Waals surface area contributed by atoms with E-state index < -0.39 is 5.97 Å². The number of carbonyl (C=O) groups is 2. The van der Waals surface area contributed by atoms with Crippen LogP contribution in [0.5, 0.6) is 0 Å². The molecule has 1 saturated heterocycles. The summed E-state index contributed by atoms with van der Waals surface area (Å²) in [5, 5.41) is 11.9. The summed E-state index contributed by atoms with van der Waals surface area (Å²) in [4.78, 5) is 24.6. The van der Waals surface area contributed by atoms with E-state index in [0.717, 1.165) is 12.1 Å². The number of nitrogens with zero attached hydrogens (tertiary/aromatic N) is 1. The molecular formula is C13H17N3O3. The fourth-order valence-electron chi connectivity index (χ4n) is 2.17. The van der Waals surface area contributed by atoms with Crippen molar-refractivity contribution in [3.8, 4) is 0 Å². The minimum atomic E-state index is -1.05. The van der Waals surface area contributed by atoms with Crippen LogP contribution in [0.3, 0.4) is 0 Å². The van der Waals surface area contributed by atoms with Crippen molar-refractivity contribution in [3.63, 3.8) is 0 Å². The molecule has 1 aromatic carbocycles. The first-order chi connectivity index (χ1) is 8.99. The molecule has 6 heteroatoms. The zero-order valence-electron chi connectivity index (χ0n) is 10.8. The Morgan fingerprint density at radius 3 is 2.89 bits per heavy atom. The molecule has 0 bridgehead atoms. The molecule has 0 atom stereocenters. The third kappa shape index (κ3) is 2.78. The van der Waals surface area contributed by atoms with Crippen molar-refractivity contribution in [1.82, 2.24) is 5.32 Å². The molecule has 1 fully saturated rings. The summed E-state index contributed by atoms with van der Waals surface area (Å²) in [6.45, 7) is 3.36. The number of hydrogen-bond donors (Lipinski definition) is 3. The molecule has 102 valence electrons. The van der Waals surface area contributed by atoms with E-state index >= 15 is 0 Å². The Morgan fingerprint density at radius 1 is 1.47 bits per heavy atom. The Bertz CT molecular complexity index is 528. The number of aryl methyl sites for hydroxylation is 1. The maximum atomic E-state index is 11.5. The van der Waals surface area contributed by atoms with Crippen molar-refractivity contribution in [2.45, 2.75) is 13.3 Å². The molecule has 1 amide bonds. The lowest BCUT2D eigenvalue weighted by Gasteiger charge is -2.23. The van der Waals surface area contributed by atoms with Gasteiger partial charge in [0.15, 0.2) is 0 Å². The van der Waals surface area contributed by atoms with Crippen LogP contribution in [0.1, 0.15) is 22.3 Å². The summed E-state index contributed by atoms with van der Waals surface area (Å²) < 4.78 is 0. The predicted octanol–water partition coefficient (Wildman–Crippen LogP) is 0.602. The molecule has 2 rings (SSSR count). The number of nitrogen functional groups attached to an aromatic ring is 1. The zero-order chi connectivity index (χ0) is 14.0. The van der Waals surface area contributed by atoms with Gasteiger partial charge in [-0.05, 0) is 31.0 Å². The SMILES string of the molecule is Cc1cc(N2CCCNC(=O)C2)cc(C(=O)O)c1N. The average molecular weight is 263 g/mol. The lowest BCUT2D eigenvalue weighted by molar-refractivity contribution is -0.119. The Labute approximate surface area is 111 Å². The van der Waals surface area contributed by atoms with Gasteiger partial charge < -0.3 is 21.1 Å². The molecule has 0 saturated carbocycles. The number of rotatable bonds is 2. The summed E-state index contributed by atoms with van der Waals surface area (Å²) >= 11 is 0. The first-order valence-electron chi connectivity index (χ1n) is 6.14. The fourth-order valence-corrected chi connectivity index (χ4v) is 2.17. The van der Waals surface area contributed by atoms with E-state index in [-0.39, 0.29) is 23.7 Å². The first kappa shape index (κ1) is 13.2. The highest BCUT2D eigenvalue weighted by Gasteiger charge is 2.18. The number of nitrogens with one attached hydrogen (secondary N) is 1. The minimum Gasteiger partial charge on any atom is -0.478 e. The largest absolute Gasteiger partial charge is 0.478 e. The molecule has 0 radical (unpaired) electrons. The number of carboxylic acid groups (broad SMARTS) is 1. The number of nitrogens with two attached hydrogens (primary N) is 1. The predicted molar refractivity (Wildman–Crippen MR) is 72.4 cm³/mol. The summed E-state index contributed by atoms with van der Waals surface area (Å²) in [5.41, 5.74) is 7.55. The standard InChI is InChI=1S/C13H17N3O3/c1-8-5-9(6-10(12(8)14)13(18)19)16-4-2-3-15-11(17)7-16/h5-6H,2-4,7,14H2,1H3,(H,15,17)(H,18,19). The normalized spacial score (nSPS) is 15.8. The van der Waals surface area contributed by atoms with Gasteiger partial charge >= 0.3 is 5.97 Å². The van der Waals surface area contributed by atoms with Crippen molar-refractivity contribution < 1.29 is 14.7 Å². The Kier molecular flexibility index (Phi) is 3.59. The number of hydrogen-bond acceptors (Lipinski definition) is 4. The molecule has 1 heterocycles. The van der Waals surface area contributed by atoms with E-state index in [2.05, 4.69) is 5.32 Å². The molecule has 1 aliphatic rings. The quantitative estimate of drug-likeness (QED) is 0.679. The fraction of sp³-hybridized carbons (Fsp3) is 0.385. The third-order valence-corrected chi connectivity index (χ3v) is 3.23. The number of aromatic carboxylic acids is 1. The minimum absolute atomic E-state index is 0.0520. The molecule has 4 N–H and O–H groups in total. The van der Waals surface area contributed by atoms with Gasteiger partial charge in [-0.25, -0.2) is 4.79 Å². The van der Waals surface area contributed by atoms with Gasteiger partial charge in [0.25, 0.3) is 0 Å². The molecule has 1 aliphatic heterocycles. The van der Waals surface area contributed by atoms with Crippen LogP contribution >= 0.6 is 0 Å². The smallest absolute Gasteiger partial charge is 0.337 e. The summed E-state index contributed by atoms with van der Waals surface area (Å²) in [5.74, 6) is -1.11. The Hall–Kier alpha value is -2.24. The van der Waals surface area contributed by atoms with Gasteiger partial charge in [-0.3, -0.25) is 4.79 Å². The van der Waals surface area contributed by atoms with Crippen LogP contribution in [-0.2, 0) is 4.79 Å². The van der Waals surface area contributed by atoms with Gasteiger partial charge in [0.2, 0.25) is 5.91 Å². The highest BCUT2D eigenvalue weighted by molar-refractivity contribution is 5.96. The monoisotopic (exact) mass is 263 g/mol. The van der Waals surface area contributed by atoms with E-state index in [0.29, 0.717) is 18.7 Å². The van der Waals surface area contributed by atoms with Crippen molar-refractivity contribution >= 4 is 23.3 Å². The van der Waals surface area contributed by atoms with Crippen molar-refractivity contribution in [2.75, 3.05) is 30.3 Å². The number of amides is 1. The lowest BCUT2D eigenvalue weighted by atomic mass is 10.1. The second-order valence-corrected chi connectivity index (χ2v) is 4.65. The van der Waals surface area contributed by atoms with Crippen LogP contribution in [0.2, 0.25) is 0 Å². The van der Waals surface area contributed by atoms with Gasteiger partial charge in [0, 0.05) is 24.5 Å². The molecule has 19 heavy (non-hydrogen) atoms. The van der Waals surface area contributed by atoms with Crippen molar-refractivity contribution in [2.24, 2.45) is 0 Å². The summed E-state index contributed by atoms with van der Waals surface area (Å²) in [7, 11) is 0. The summed E-state index contributed by atoms with van der Waals surface area (Å²) in [6, 6.07) is 3.35. The molecule has 1 aromatic rings. The highest BCUT2D eigenvalue weighted by Crippen LogP contribution is 2.26. The highest BCUT2D eigenvalue weighted by atomic mass is 16.4. The maximum Gasteiger partial charge on any atom is 0.337 e. The topological polar surface area (TPSA) is 95.7 Å². The summed E-state index contributed by atoms with van der Waals surface area (Å²) in [6.07, 6.45) is 0.831. The lowest BCUT2D eigenvalue weighted by Crippen LogP contribution is -2.33. The van der Waals surface area contributed by atoms with Crippen LogP contribution in [0.4, 0.5) is 11.4 Å². The van der Waals surface area contributed by atoms with Gasteiger partial charge in [-0.1, -0.05) is 0 Å². The maximum absolute atomic E-state index is 11.5. The van der Waals surface area contributed by atoms with Gasteiger partial charge in [0.1, 0.15) is 0 Å². The number of carbonyl (C=O) groups excluding carboxylic acids is 1. The van der Waals surface area contributed by atoms with E-state index in [9.17, 15) is 9.59 Å². The zero-order valence-corrected chi connectivity index (χ0v) is 10.8. The molecule has 0 unspecified atom stereocenters. The van der Waals surface area contributed by atoms with Gasteiger partial charge in [-0.15, -0.1) is 0 Å². The number of carboxylic acids is 1. The van der Waals surface area contributed by atoms with Crippen molar-refractivity contribution in [1.29, 1.82) is 0 Å². The second-order valence-electron chi connectivity index (χ2n) is 4.65. The van der Waals surface area contributed by atoms with E-state index in [1.165, 1.54) is 6.07 Å². The molecule has 0 aliphatic carbocycles. The third-order valence-electron chi connectivity index (χ3n) is 3.23. The Balaban J connectivity index is 2.38. The van der Waals surface area contributed by atoms with Crippen LogP contribution in [-0.4, -0.2) is 36.6 Å². The van der Waals surface area contributed by atoms with Crippen LogP contribution in [0.25, 0.3) is 0 Å². The molecule has 0 aromatic heterocycles. The van der Waals surface area contributed by atoms with E-state index in [1.807, 2.05) is 11.0 Å². The van der Waals surface area contributed by atoms with Gasteiger partial charge in [-0.2, -0.15) is 0 Å². The Morgan fingerprint density at radius 2 is 2.21 bits per heavy atom.